The summed E-state index contributed by atoms with van der Waals surface area (Å²) in [6.07, 6.45) is 0.747. The van der Waals surface area contributed by atoms with Crippen LogP contribution in [0, 0.1) is 31.1 Å². The van der Waals surface area contributed by atoms with E-state index in [4.69, 9.17) is 14.2 Å². The standard InChI is InChI=1S/C34H53NO6/c1-18(2)14-20(4)32(38)23(7)35-33(39-11)28-12-13-34(9,10)30(41-28)17-27(37)22(6)29-16-25-21(5)26(36)15-19(3)31(25)24(8)40-29/h15,20,22,27-30,32-33,35-38H,1,7-8,12-14,16-17H2,2-6,9-11H3/t20-,22+,27-,28-,29+,30?,32?,33?/m0/s1. The van der Waals surface area contributed by atoms with Crippen LogP contribution >= 0.6 is 0 Å². The van der Waals surface area contributed by atoms with Crippen molar-refractivity contribution in [3.8, 4) is 5.75 Å². The summed E-state index contributed by atoms with van der Waals surface area (Å²) in [4.78, 5) is 0. The first kappa shape index (κ1) is 33.2. The van der Waals surface area contributed by atoms with Crippen molar-refractivity contribution in [1.29, 1.82) is 0 Å². The molecule has 0 spiro atoms. The third-order valence-corrected chi connectivity index (χ3v) is 9.28. The zero-order valence-corrected chi connectivity index (χ0v) is 26.4. The Balaban J connectivity index is 1.69. The lowest BCUT2D eigenvalue weighted by Crippen LogP contribution is -2.52. The highest BCUT2D eigenvalue weighted by atomic mass is 16.6. The first-order chi connectivity index (χ1) is 19.1. The third-order valence-electron chi connectivity index (χ3n) is 9.28. The van der Waals surface area contributed by atoms with Gasteiger partial charge in [0.1, 0.15) is 23.7 Å². The van der Waals surface area contributed by atoms with Crippen molar-refractivity contribution in [2.45, 2.75) is 117 Å². The minimum absolute atomic E-state index is 0.0256. The largest absolute Gasteiger partial charge is 0.508 e. The fraction of sp³-hybridized carbons (Fsp3) is 0.647. The number of ether oxygens (including phenoxy) is 3. The van der Waals surface area contributed by atoms with Crippen molar-refractivity contribution in [2.75, 3.05) is 7.11 Å². The average molecular weight is 572 g/mol. The fourth-order valence-corrected chi connectivity index (χ4v) is 6.38. The van der Waals surface area contributed by atoms with Crippen molar-refractivity contribution in [3.05, 3.63) is 59.3 Å². The van der Waals surface area contributed by atoms with Gasteiger partial charge in [-0.2, -0.15) is 0 Å². The number of phenolic OH excluding ortho intramolecular Hbond substituents is 1. The highest BCUT2D eigenvalue weighted by Crippen LogP contribution is 2.42. The molecule has 2 aliphatic rings. The summed E-state index contributed by atoms with van der Waals surface area (Å²) in [7, 11) is 1.62. The number of hydrogen-bond donors (Lipinski definition) is 4. The Hall–Kier alpha value is -2.32. The maximum absolute atomic E-state index is 11.5. The molecular weight excluding hydrogens is 518 g/mol. The molecule has 4 N–H and O–H groups in total. The molecule has 0 saturated carbocycles. The number of methoxy groups -OCH3 is 1. The molecule has 0 aromatic heterocycles. The SMILES string of the molecule is C=C(C)C[C@H](C)C(O)C(=C)NC(OC)[C@@H]1CCC(C)(C)C(C[C@H](O)[C@@H](C)[C@H]2Cc3c(C)c(O)cc(C)c3C(=C)O2)O1. The Morgan fingerprint density at radius 1 is 1.20 bits per heavy atom. The number of aryl methyl sites for hydroxylation is 1. The summed E-state index contributed by atoms with van der Waals surface area (Å²) in [6, 6.07) is 1.75. The van der Waals surface area contributed by atoms with E-state index in [2.05, 4.69) is 38.9 Å². The number of fused-ring (bicyclic) bond motifs is 1. The van der Waals surface area contributed by atoms with Crippen LogP contribution in [0.4, 0.5) is 0 Å². The summed E-state index contributed by atoms with van der Waals surface area (Å²) >= 11 is 0. The van der Waals surface area contributed by atoms with Gasteiger partial charge in [0, 0.05) is 37.1 Å². The summed E-state index contributed by atoms with van der Waals surface area (Å²) in [6.45, 7) is 26.3. The van der Waals surface area contributed by atoms with E-state index in [-0.39, 0.29) is 41.3 Å². The highest BCUT2D eigenvalue weighted by molar-refractivity contribution is 5.69. The Morgan fingerprint density at radius 2 is 1.85 bits per heavy atom. The first-order valence-electron chi connectivity index (χ1n) is 14.9. The van der Waals surface area contributed by atoms with Crippen molar-refractivity contribution < 1.29 is 29.5 Å². The van der Waals surface area contributed by atoms with Gasteiger partial charge in [-0.3, -0.25) is 0 Å². The molecule has 1 aromatic carbocycles. The van der Waals surface area contributed by atoms with Gasteiger partial charge in [0.05, 0.1) is 18.3 Å². The van der Waals surface area contributed by atoms with Gasteiger partial charge >= 0.3 is 0 Å². The molecule has 1 fully saturated rings. The molecule has 0 aliphatic carbocycles. The quantitative estimate of drug-likeness (QED) is 0.183. The Bertz CT molecular complexity index is 1130. The van der Waals surface area contributed by atoms with E-state index < -0.39 is 18.4 Å². The number of aromatic hydroxyl groups is 1. The first-order valence-corrected chi connectivity index (χ1v) is 14.9. The number of aliphatic hydroxyl groups is 2. The van der Waals surface area contributed by atoms with E-state index in [1.165, 1.54) is 0 Å². The van der Waals surface area contributed by atoms with Crippen molar-refractivity contribution in [1.82, 2.24) is 5.32 Å². The molecule has 7 heteroatoms. The van der Waals surface area contributed by atoms with Crippen LogP contribution < -0.4 is 5.32 Å². The third kappa shape index (κ3) is 7.56. The van der Waals surface area contributed by atoms with Gasteiger partial charge < -0.3 is 34.8 Å². The molecule has 1 saturated heterocycles. The lowest BCUT2D eigenvalue weighted by Gasteiger charge is -2.46. The summed E-state index contributed by atoms with van der Waals surface area (Å²) in [5.41, 5.74) is 5.12. The van der Waals surface area contributed by atoms with E-state index in [0.717, 1.165) is 40.7 Å². The van der Waals surface area contributed by atoms with Gasteiger partial charge in [0.2, 0.25) is 0 Å². The second-order valence-corrected chi connectivity index (χ2v) is 13.2. The van der Waals surface area contributed by atoms with Crippen LogP contribution in [0.15, 0.2) is 37.1 Å². The maximum Gasteiger partial charge on any atom is 0.153 e. The van der Waals surface area contributed by atoms with E-state index in [1.807, 2.05) is 34.6 Å². The molecule has 7 nitrogen and oxygen atoms in total. The molecular formula is C34H53NO6. The van der Waals surface area contributed by atoms with E-state index >= 15 is 0 Å². The topological polar surface area (TPSA) is 100 Å². The van der Waals surface area contributed by atoms with Gasteiger partial charge in [-0.1, -0.05) is 46.4 Å². The average Bonchev–Trinajstić information content (AvgIpc) is 2.89. The molecule has 2 aliphatic heterocycles. The molecule has 8 atom stereocenters. The smallest absolute Gasteiger partial charge is 0.153 e. The van der Waals surface area contributed by atoms with E-state index in [0.29, 0.717) is 30.7 Å². The number of aliphatic hydroxyl groups excluding tert-OH is 2. The van der Waals surface area contributed by atoms with Crippen LogP contribution in [-0.2, 0) is 20.6 Å². The predicted octanol–water partition coefficient (Wildman–Crippen LogP) is 5.92. The van der Waals surface area contributed by atoms with Crippen LogP contribution in [0.1, 0.15) is 82.6 Å². The zero-order chi connectivity index (χ0) is 30.8. The lowest BCUT2D eigenvalue weighted by atomic mass is 9.74. The van der Waals surface area contributed by atoms with Gasteiger partial charge in [-0.15, -0.1) is 6.58 Å². The van der Waals surface area contributed by atoms with Crippen LogP contribution in [0.25, 0.3) is 5.76 Å². The number of hydrogen-bond acceptors (Lipinski definition) is 7. The number of allylic oxidation sites excluding steroid dienone is 1. The molecule has 230 valence electrons. The molecule has 3 unspecified atom stereocenters. The van der Waals surface area contributed by atoms with Gasteiger partial charge in [0.25, 0.3) is 0 Å². The predicted molar refractivity (Wildman–Crippen MR) is 164 cm³/mol. The molecule has 2 heterocycles. The Kier molecular flexibility index (Phi) is 10.8. The molecule has 0 bridgehead atoms. The highest BCUT2D eigenvalue weighted by Gasteiger charge is 2.43. The molecule has 0 amide bonds. The molecule has 3 rings (SSSR count). The second kappa shape index (κ2) is 13.3. The van der Waals surface area contributed by atoms with Crippen molar-refractivity contribution in [3.63, 3.8) is 0 Å². The fourth-order valence-electron chi connectivity index (χ4n) is 6.38. The van der Waals surface area contributed by atoms with Crippen LogP contribution in [0.5, 0.6) is 5.75 Å². The summed E-state index contributed by atoms with van der Waals surface area (Å²) < 4.78 is 18.6. The maximum atomic E-state index is 11.5. The Morgan fingerprint density at radius 3 is 2.46 bits per heavy atom. The van der Waals surface area contributed by atoms with E-state index in [1.54, 1.807) is 13.2 Å². The second-order valence-electron chi connectivity index (χ2n) is 13.2. The molecule has 0 radical (unpaired) electrons. The minimum Gasteiger partial charge on any atom is -0.508 e. The van der Waals surface area contributed by atoms with Gasteiger partial charge in [0.15, 0.2) is 6.23 Å². The lowest BCUT2D eigenvalue weighted by molar-refractivity contribution is -0.178. The zero-order valence-electron chi connectivity index (χ0n) is 26.4. The van der Waals surface area contributed by atoms with Crippen molar-refractivity contribution >= 4 is 5.76 Å². The minimum atomic E-state index is -0.743. The summed E-state index contributed by atoms with van der Waals surface area (Å²) in [5, 5.41) is 35.9. The number of rotatable bonds is 12. The van der Waals surface area contributed by atoms with Gasteiger partial charge in [-0.05, 0) is 74.1 Å². The molecule has 1 aromatic rings. The Labute approximate surface area is 247 Å². The summed E-state index contributed by atoms with van der Waals surface area (Å²) in [5.74, 6) is 0.636. The van der Waals surface area contributed by atoms with Gasteiger partial charge in [-0.25, -0.2) is 0 Å². The monoisotopic (exact) mass is 571 g/mol. The molecule has 41 heavy (non-hydrogen) atoms. The van der Waals surface area contributed by atoms with Crippen LogP contribution in [0.3, 0.4) is 0 Å². The number of phenols is 1. The normalized spacial score (nSPS) is 25.7. The number of benzene rings is 1. The van der Waals surface area contributed by atoms with Crippen molar-refractivity contribution in [2.24, 2.45) is 17.3 Å². The van der Waals surface area contributed by atoms with Crippen LogP contribution in [-0.4, -0.2) is 59.2 Å². The number of nitrogens with one attached hydrogen (secondary N) is 1. The van der Waals surface area contributed by atoms with Crippen LogP contribution in [0.2, 0.25) is 0 Å². The van der Waals surface area contributed by atoms with E-state index in [9.17, 15) is 15.3 Å².